The third-order valence-corrected chi connectivity index (χ3v) is 3.47. The lowest BCUT2D eigenvalue weighted by atomic mass is 10.1. The summed E-state index contributed by atoms with van der Waals surface area (Å²) in [6.45, 7) is 0.438. The predicted molar refractivity (Wildman–Crippen MR) is 85.8 cm³/mol. The van der Waals surface area contributed by atoms with Crippen molar-refractivity contribution >= 4 is 27.5 Å². The molecule has 2 rings (SSSR count). The fourth-order valence-corrected chi connectivity index (χ4v) is 2.31. The fraction of sp³-hybridized carbons (Fsp3) is 0.188. The first-order valence-corrected chi connectivity index (χ1v) is 7.16. The molecule has 0 heterocycles. The Hall–Kier alpha value is -1.85. The van der Waals surface area contributed by atoms with Crippen LogP contribution in [0.2, 0.25) is 0 Å². The van der Waals surface area contributed by atoms with Crippen LogP contribution in [0, 0.1) is 0 Å². The molecule has 0 aliphatic carbocycles. The largest absolute Gasteiger partial charge is 0.496 e. The van der Waals surface area contributed by atoms with Crippen LogP contribution in [-0.4, -0.2) is 20.1 Å². The smallest absolute Gasteiger partial charge is 0.259 e. The van der Waals surface area contributed by atoms with Gasteiger partial charge in [-0.15, -0.1) is 0 Å². The summed E-state index contributed by atoms with van der Waals surface area (Å²) >= 11 is 3.36. The summed E-state index contributed by atoms with van der Waals surface area (Å²) in [6, 6.07) is 12.8. The number of halogens is 1. The second kappa shape index (κ2) is 7.24. The average Bonchev–Trinajstić information content (AvgIpc) is 2.49. The fourth-order valence-electron chi connectivity index (χ4n) is 1.97. The minimum absolute atomic E-state index is 0.220. The lowest BCUT2D eigenvalue weighted by molar-refractivity contribution is 0.102. The van der Waals surface area contributed by atoms with E-state index >= 15 is 0 Å². The number of amides is 1. The summed E-state index contributed by atoms with van der Waals surface area (Å²) in [5.41, 5.74) is 2.13. The van der Waals surface area contributed by atoms with Crippen molar-refractivity contribution in [3.05, 3.63) is 58.1 Å². The summed E-state index contributed by atoms with van der Waals surface area (Å²) in [5, 5.41) is 2.89. The van der Waals surface area contributed by atoms with Gasteiger partial charge in [-0.1, -0.05) is 34.1 Å². The van der Waals surface area contributed by atoms with Gasteiger partial charge in [-0.2, -0.15) is 0 Å². The van der Waals surface area contributed by atoms with Crippen LogP contribution in [-0.2, 0) is 11.3 Å². The average molecular weight is 350 g/mol. The van der Waals surface area contributed by atoms with Crippen molar-refractivity contribution in [2.45, 2.75) is 6.61 Å². The van der Waals surface area contributed by atoms with Crippen molar-refractivity contribution in [2.24, 2.45) is 0 Å². The molecule has 0 aliphatic heterocycles. The molecule has 21 heavy (non-hydrogen) atoms. The molecule has 2 aromatic carbocycles. The monoisotopic (exact) mass is 349 g/mol. The number of carbonyl (C=O) groups excluding carboxylic acids is 1. The second-order valence-electron chi connectivity index (χ2n) is 4.39. The van der Waals surface area contributed by atoms with Crippen molar-refractivity contribution in [3.8, 4) is 5.75 Å². The van der Waals surface area contributed by atoms with E-state index in [4.69, 9.17) is 9.47 Å². The molecule has 0 fully saturated rings. The first kappa shape index (κ1) is 15.5. The molecule has 0 spiro atoms. The van der Waals surface area contributed by atoms with Gasteiger partial charge in [-0.3, -0.25) is 4.79 Å². The Morgan fingerprint density at radius 1 is 1.19 bits per heavy atom. The Kier molecular flexibility index (Phi) is 5.36. The molecule has 0 saturated heterocycles. The minimum Gasteiger partial charge on any atom is -0.496 e. The zero-order valence-electron chi connectivity index (χ0n) is 11.9. The zero-order valence-corrected chi connectivity index (χ0v) is 13.4. The van der Waals surface area contributed by atoms with Gasteiger partial charge in [0.2, 0.25) is 0 Å². The van der Waals surface area contributed by atoms with Crippen LogP contribution in [0.4, 0.5) is 5.69 Å². The van der Waals surface area contributed by atoms with Gasteiger partial charge >= 0.3 is 0 Å². The minimum atomic E-state index is -0.220. The van der Waals surface area contributed by atoms with Crippen LogP contribution in [0.15, 0.2) is 46.9 Å². The first-order chi connectivity index (χ1) is 10.2. The molecule has 0 atom stereocenters. The Labute approximate surface area is 132 Å². The molecule has 1 amide bonds. The lowest BCUT2D eigenvalue weighted by Gasteiger charge is -2.12. The van der Waals surface area contributed by atoms with Crippen molar-refractivity contribution in [1.29, 1.82) is 0 Å². The van der Waals surface area contributed by atoms with Gasteiger partial charge in [0.05, 0.1) is 19.3 Å². The number of benzene rings is 2. The molecule has 0 bridgehead atoms. The Bertz CT molecular complexity index is 643. The number of hydrogen-bond donors (Lipinski definition) is 1. The van der Waals surface area contributed by atoms with Crippen molar-refractivity contribution < 1.29 is 14.3 Å². The topological polar surface area (TPSA) is 47.6 Å². The van der Waals surface area contributed by atoms with E-state index < -0.39 is 0 Å². The van der Waals surface area contributed by atoms with Crippen LogP contribution < -0.4 is 10.1 Å². The number of carbonyl (C=O) groups is 1. The van der Waals surface area contributed by atoms with E-state index in [9.17, 15) is 4.79 Å². The van der Waals surface area contributed by atoms with Crippen LogP contribution in [0.5, 0.6) is 5.75 Å². The number of nitrogens with one attached hydrogen (secondary N) is 1. The number of hydrogen-bond acceptors (Lipinski definition) is 3. The summed E-state index contributed by atoms with van der Waals surface area (Å²) in [5.74, 6) is 0.300. The molecule has 1 N–H and O–H groups in total. The molecular weight excluding hydrogens is 334 g/mol. The quantitative estimate of drug-likeness (QED) is 0.891. The van der Waals surface area contributed by atoms with Gasteiger partial charge in [0.1, 0.15) is 5.75 Å². The van der Waals surface area contributed by atoms with Crippen LogP contribution in [0.25, 0.3) is 0 Å². The molecule has 0 radical (unpaired) electrons. The van der Waals surface area contributed by atoms with Crippen molar-refractivity contribution in [1.82, 2.24) is 0 Å². The van der Waals surface area contributed by atoms with Crippen LogP contribution in [0.1, 0.15) is 15.9 Å². The molecule has 0 aliphatic rings. The van der Waals surface area contributed by atoms with E-state index in [0.717, 1.165) is 15.7 Å². The molecule has 110 valence electrons. The second-order valence-corrected chi connectivity index (χ2v) is 5.30. The first-order valence-electron chi connectivity index (χ1n) is 6.37. The van der Waals surface area contributed by atoms with Gasteiger partial charge in [0, 0.05) is 22.8 Å². The zero-order chi connectivity index (χ0) is 15.2. The summed E-state index contributed by atoms with van der Waals surface area (Å²) in [6.07, 6.45) is 0. The maximum Gasteiger partial charge on any atom is 0.259 e. The van der Waals surface area contributed by atoms with Gasteiger partial charge in [0.25, 0.3) is 5.91 Å². The van der Waals surface area contributed by atoms with E-state index in [2.05, 4.69) is 21.2 Å². The van der Waals surface area contributed by atoms with Crippen molar-refractivity contribution in [2.75, 3.05) is 19.5 Å². The molecule has 2 aromatic rings. The lowest BCUT2D eigenvalue weighted by Crippen LogP contribution is -2.14. The third kappa shape index (κ3) is 3.83. The molecule has 0 aromatic heterocycles. The normalized spacial score (nSPS) is 10.2. The van der Waals surface area contributed by atoms with E-state index in [-0.39, 0.29) is 5.91 Å². The summed E-state index contributed by atoms with van der Waals surface area (Å²) in [4.78, 5) is 12.4. The van der Waals surface area contributed by atoms with Gasteiger partial charge < -0.3 is 14.8 Å². The van der Waals surface area contributed by atoms with Crippen molar-refractivity contribution in [3.63, 3.8) is 0 Å². The third-order valence-electron chi connectivity index (χ3n) is 2.97. The van der Waals surface area contributed by atoms with E-state index in [1.807, 2.05) is 24.3 Å². The highest BCUT2D eigenvalue weighted by Gasteiger charge is 2.14. The van der Waals surface area contributed by atoms with E-state index in [1.54, 1.807) is 25.3 Å². The number of methoxy groups -OCH3 is 2. The SMILES string of the molecule is COCc1ccccc1NC(=O)c1ccc(Br)cc1OC. The summed E-state index contributed by atoms with van der Waals surface area (Å²) < 4.78 is 11.2. The van der Waals surface area contributed by atoms with E-state index in [1.165, 1.54) is 7.11 Å². The highest BCUT2D eigenvalue weighted by molar-refractivity contribution is 9.10. The molecular formula is C16H16BrNO3. The van der Waals surface area contributed by atoms with Crippen LogP contribution in [0.3, 0.4) is 0 Å². The highest BCUT2D eigenvalue weighted by atomic mass is 79.9. The summed E-state index contributed by atoms with van der Waals surface area (Å²) in [7, 11) is 3.16. The maximum atomic E-state index is 12.4. The maximum absolute atomic E-state index is 12.4. The number of rotatable bonds is 5. The van der Waals surface area contributed by atoms with E-state index in [0.29, 0.717) is 17.9 Å². The highest BCUT2D eigenvalue weighted by Crippen LogP contribution is 2.25. The number of ether oxygens (including phenoxy) is 2. The Morgan fingerprint density at radius 3 is 2.67 bits per heavy atom. The standard InChI is InChI=1S/C16H16BrNO3/c1-20-10-11-5-3-4-6-14(11)18-16(19)13-8-7-12(17)9-15(13)21-2/h3-9H,10H2,1-2H3,(H,18,19). The Balaban J connectivity index is 2.26. The van der Waals surface area contributed by atoms with Crippen LogP contribution >= 0.6 is 15.9 Å². The Morgan fingerprint density at radius 2 is 1.95 bits per heavy atom. The molecule has 0 saturated carbocycles. The van der Waals surface area contributed by atoms with Gasteiger partial charge in [0.15, 0.2) is 0 Å². The van der Waals surface area contributed by atoms with Gasteiger partial charge in [-0.05, 0) is 24.3 Å². The number of para-hydroxylation sites is 1. The molecule has 5 heteroatoms. The predicted octanol–water partition coefficient (Wildman–Crippen LogP) is 3.86. The molecule has 0 unspecified atom stereocenters. The van der Waals surface area contributed by atoms with Gasteiger partial charge in [-0.25, -0.2) is 0 Å². The number of anilines is 1. The molecule has 4 nitrogen and oxygen atoms in total.